The maximum Gasteiger partial charge on any atom is 0.342 e. The van der Waals surface area contributed by atoms with E-state index in [0.29, 0.717) is 10.4 Å². The summed E-state index contributed by atoms with van der Waals surface area (Å²) in [5.41, 5.74) is -0.0150. The Kier molecular flexibility index (Phi) is 8.84. The number of rotatable bonds is 9. The predicted octanol–water partition coefficient (Wildman–Crippen LogP) is 5.84. The SMILES string of the molecule is CCOC(=O)c1c(N=Cc2ccc([N+](=O)[O-])s2)sc(NC(=O)c2ccc(Br)cc2)c1C(=O)OCC. The Hall–Kier alpha value is -3.42. The Balaban J connectivity index is 2.08. The minimum absolute atomic E-state index is 0.0362. The van der Waals surface area contributed by atoms with Crippen LogP contribution >= 0.6 is 38.6 Å². The van der Waals surface area contributed by atoms with Crippen molar-refractivity contribution in [2.75, 3.05) is 18.5 Å². The zero-order valence-corrected chi connectivity index (χ0v) is 21.6. The molecule has 2 heterocycles. The molecular weight excluding hydrogens is 562 g/mol. The molecule has 3 aromatic rings. The number of halogens is 1. The monoisotopic (exact) mass is 579 g/mol. The van der Waals surface area contributed by atoms with Crippen LogP contribution in [0, 0.1) is 10.1 Å². The molecule has 1 amide bonds. The van der Waals surface area contributed by atoms with Gasteiger partial charge in [-0.05, 0) is 44.2 Å². The van der Waals surface area contributed by atoms with Crippen LogP contribution in [0.5, 0.6) is 0 Å². The van der Waals surface area contributed by atoms with E-state index in [0.717, 1.165) is 27.1 Å². The van der Waals surface area contributed by atoms with Gasteiger partial charge in [0.25, 0.3) is 5.91 Å². The Morgan fingerprint density at radius 3 is 2.23 bits per heavy atom. The second-order valence-electron chi connectivity index (χ2n) is 6.58. The first kappa shape index (κ1) is 26.2. The van der Waals surface area contributed by atoms with E-state index in [9.17, 15) is 24.5 Å². The van der Waals surface area contributed by atoms with Crippen molar-refractivity contribution < 1.29 is 28.8 Å². The molecule has 0 radical (unpaired) electrons. The highest BCUT2D eigenvalue weighted by molar-refractivity contribution is 9.10. The van der Waals surface area contributed by atoms with Crippen molar-refractivity contribution in [3.05, 3.63) is 72.6 Å². The summed E-state index contributed by atoms with van der Waals surface area (Å²) in [6, 6.07) is 9.40. The van der Waals surface area contributed by atoms with Crippen molar-refractivity contribution in [1.29, 1.82) is 0 Å². The van der Waals surface area contributed by atoms with Gasteiger partial charge in [0, 0.05) is 22.3 Å². The molecule has 182 valence electrons. The van der Waals surface area contributed by atoms with Gasteiger partial charge in [-0.1, -0.05) is 38.6 Å². The van der Waals surface area contributed by atoms with Crippen LogP contribution in [0.4, 0.5) is 15.0 Å². The van der Waals surface area contributed by atoms with Crippen molar-refractivity contribution in [3.63, 3.8) is 0 Å². The predicted molar refractivity (Wildman–Crippen MR) is 137 cm³/mol. The first-order valence-electron chi connectivity index (χ1n) is 10.1. The largest absolute Gasteiger partial charge is 0.462 e. The van der Waals surface area contributed by atoms with E-state index in [1.54, 1.807) is 38.1 Å². The third kappa shape index (κ3) is 6.38. The number of anilines is 1. The molecule has 0 saturated carbocycles. The minimum Gasteiger partial charge on any atom is -0.462 e. The highest BCUT2D eigenvalue weighted by Crippen LogP contribution is 2.41. The average Bonchev–Trinajstić information content (AvgIpc) is 3.43. The lowest BCUT2D eigenvalue weighted by Crippen LogP contribution is -2.17. The fourth-order valence-corrected chi connectivity index (χ4v) is 4.77. The van der Waals surface area contributed by atoms with Crippen LogP contribution in [-0.2, 0) is 9.47 Å². The van der Waals surface area contributed by atoms with Crippen molar-refractivity contribution in [3.8, 4) is 0 Å². The Labute approximate surface area is 215 Å². The van der Waals surface area contributed by atoms with Crippen LogP contribution in [-0.4, -0.2) is 42.2 Å². The van der Waals surface area contributed by atoms with Crippen molar-refractivity contribution in [2.45, 2.75) is 13.8 Å². The Morgan fingerprint density at radius 2 is 1.66 bits per heavy atom. The number of ether oxygens (including phenoxy) is 2. The lowest BCUT2D eigenvalue weighted by atomic mass is 10.1. The van der Waals surface area contributed by atoms with Crippen LogP contribution < -0.4 is 5.32 Å². The molecule has 13 heteroatoms. The van der Waals surface area contributed by atoms with Gasteiger partial charge < -0.3 is 14.8 Å². The van der Waals surface area contributed by atoms with E-state index in [2.05, 4.69) is 26.2 Å². The van der Waals surface area contributed by atoms with Gasteiger partial charge in [0.2, 0.25) is 0 Å². The number of amides is 1. The average molecular weight is 580 g/mol. The first-order valence-corrected chi connectivity index (χ1v) is 12.5. The van der Waals surface area contributed by atoms with E-state index in [4.69, 9.17) is 9.47 Å². The quantitative estimate of drug-likeness (QED) is 0.145. The first-order chi connectivity index (χ1) is 16.7. The van der Waals surface area contributed by atoms with Crippen LogP contribution in [0.15, 0.2) is 45.9 Å². The lowest BCUT2D eigenvalue weighted by molar-refractivity contribution is -0.380. The van der Waals surface area contributed by atoms with Crippen LogP contribution in [0.25, 0.3) is 0 Å². The molecule has 0 saturated heterocycles. The van der Waals surface area contributed by atoms with E-state index >= 15 is 0 Å². The summed E-state index contributed by atoms with van der Waals surface area (Å²) < 4.78 is 11.0. The summed E-state index contributed by atoms with van der Waals surface area (Å²) in [6.07, 6.45) is 1.33. The molecule has 2 aromatic heterocycles. The van der Waals surface area contributed by atoms with Gasteiger partial charge in [-0.25, -0.2) is 14.6 Å². The van der Waals surface area contributed by atoms with E-state index in [1.807, 2.05) is 0 Å². The third-order valence-electron chi connectivity index (χ3n) is 4.28. The molecular formula is C22H18BrN3O7S2. The molecule has 0 fully saturated rings. The molecule has 0 aliphatic carbocycles. The van der Waals surface area contributed by atoms with Gasteiger partial charge >= 0.3 is 16.9 Å². The second kappa shape index (κ2) is 11.8. The molecule has 3 rings (SSSR count). The molecule has 1 N–H and O–H groups in total. The van der Waals surface area contributed by atoms with Crippen molar-refractivity contribution >= 4 is 77.7 Å². The topological polar surface area (TPSA) is 137 Å². The zero-order valence-electron chi connectivity index (χ0n) is 18.4. The molecule has 1 aromatic carbocycles. The van der Waals surface area contributed by atoms with Gasteiger partial charge in [0.15, 0.2) is 0 Å². The highest BCUT2D eigenvalue weighted by atomic mass is 79.9. The number of thiophene rings is 2. The smallest absolute Gasteiger partial charge is 0.342 e. The minimum atomic E-state index is -0.828. The van der Waals surface area contributed by atoms with Crippen LogP contribution in [0.1, 0.15) is 49.8 Å². The van der Waals surface area contributed by atoms with Gasteiger partial charge in [-0.2, -0.15) is 0 Å². The number of carbonyl (C=O) groups excluding carboxylic acids is 3. The molecule has 0 spiro atoms. The van der Waals surface area contributed by atoms with Crippen molar-refractivity contribution in [1.82, 2.24) is 0 Å². The third-order valence-corrected chi connectivity index (χ3v) is 6.80. The second-order valence-corrected chi connectivity index (χ2v) is 9.59. The highest BCUT2D eigenvalue weighted by Gasteiger charge is 2.31. The number of nitrogens with zero attached hydrogens (tertiary/aromatic N) is 2. The molecule has 0 aliphatic rings. The molecule has 10 nitrogen and oxygen atoms in total. The number of nitrogens with one attached hydrogen (secondary N) is 1. The number of carbonyl (C=O) groups is 3. The standard InChI is InChI=1S/C22H18BrN3O7S2/c1-3-32-21(28)16-17(22(29)33-4-2)20(25-18(27)12-5-7-13(23)8-6-12)35-19(16)24-11-14-9-10-15(34-14)26(30)31/h5-11H,3-4H2,1-2H3,(H,25,27). The number of nitro groups is 1. The fourth-order valence-electron chi connectivity index (χ4n) is 2.80. The van der Waals surface area contributed by atoms with Gasteiger partial charge in [-0.3, -0.25) is 14.9 Å². The number of esters is 2. The lowest BCUT2D eigenvalue weighted by Gasteiger charge is -2.08. The molecule has 0 aliphatic heterocycles. The van der Waals surface area contributed by atoms with Gasteiger partial charge in [0.1, 0.15) is 21.1 Å². The zero-order chi connectivity index (χ0) is 25.5. The summed E-state index contributed by atoms with van der Waals surface area (Å²) in [4.78, 5) is 53.6. The van der Waals surface area contributed by atoms with Crippen LogP contribution in [0.3, 0.4) is 0 Å². The number of aliphatic imine (C=N–C) groups is 1. The van der Waals surface area contributed by atoms with E-state index in [-0.39, 0.29) is 39.3 Å². The Bertz CT molecular complexity index is 1300. The van der Waals surface area contributed by atoms with Crippen molar-refractivity contribution in [2.24, 2.45) is 4.99 Å². The number of hydrogen-bond acceptors (Lipinski definition) is 10. The van der Waals surface area contributed by atoms with Gasteiger partial charge in [-0.15, -0.1) is 0 Å². The number of hydrogen-bond donors (Lipinski definition) is 1. The fraction of sp³-hybridized carbons (Fsp3) is 0.182. The van der Waals surface area contributed by atoms with Gasteiger partial charge in [0.05, 0.1) is 23.0 Å². The molecule has 0 atom stereocenters. The summed E-state index contributed by atoms with van der Waals surface area (Å²) in [5, 5.41) is 13.7. The Morgan fingerprint density at radius 1 is 1.03 bits per heavy atom. The molecule has 35 heavy (non-hydrogen) atoms. The maximum atomic E-state index is 12.8. The molecule has 0 bridgehead atoms. The summed E-state index contributed by atoms with van der Waals surface area (Å²) in [7, 11) is 0. The van der Waals surface area contributed by atoms with E-state index < -0.39 is 22.8 Å². The maximum absolute atomic E-state index is 12.8. The van der Waals surface area contributed by atoms with E-state index in [1.165, 1.54) is 18.3 Å². The summed E-state index contributed by atoms with van der Waals surface area (Å²) in [6.45, 7) is 3.29. The summed E-state index contributed by atoms with van der Waals surface area (Å²) in [5.74, 6) is -2.16. The van der Waals surface area contributed by atoms with Crippen LogP contribution in [0.2, 0.25) is 0 Å². The normalized spacial score (nSPS) is 10.8. The molecule has 0 unspecified atom stereocenters. The number of benzene rings is 1. The summed E-state index contributed by atoms with van der Waals surface area (Å²) >= 11 is 5.08.